The zero-order valence-corrected chi connectivity index (χ0v) is 15.0. The van der Waals surface area contributed by atoms with E-state index >= 15 is 0 Å². The molecular weight excluding hydrogens is 350 g/mol. The number of cyclic esters (lactones) is 1. The second-order valence-electron chi connectivity index (χ2n) is 6.83. The van der Waals surface area contributed by atoms with Crippen LogP contribution in [0.5, 0.6) is 0 Å². The van der Waals surface area contributed by atoms with Crippen molar-refractivity contribution in [3.63, 3.8) is 0 Å². The van der Waals surface area contributed by atoms with Crippen LogP contribution in [0.1, 0.15) is 24.6 Å². The molecule has 2 aliphatic heterocycles. The number of aryl methyl sites for hydroxylation is 1. The van der Waals surface area contributed by atoms with Gasteiger partial charge < -0.3 is 15.0 Å². The van der Waals surface area contributed by atoms with Crippen molar-refractivity contribution >= 4 is 12.0 Å². The third-order valence-electron chi connectivity index (χ3n) is 5.11. The molecule has 1 N–H and O–H groups in total. The van der Waals surface area contributed by atoms with Gasteiger partial charge >= 0.3 is 11.8 Å². The number of ether oxygens (including phenoxy) is 1. The molecule has 1 aromatic heterocycles. The van der Waals surface area contributed by atoms with Crippen LogP contribution in [-0.4, -0.2) is 57.0 Å². The Kier molecular flexibility index (Phi) is 4.43. The monoisotopic (exact) mass is 371 g/mol. The minimum absolute atomic E-state index is 0.0748. The van der Waals surface area contributed by atoms with E-state index in [-0.39, 0.29) is 24.1 Å². The molecule has 1 aromatic carbocycles. The van der Waals surface area contributed by atoms with Crippen molar-refractivity contribution in [3.8, 4) is 5.69 Å². The van der Waals surface area contributed by atoms with Crippen molar-refractivity contribution in [2.75, 3.05) is 19.7 Å². The van der Waals surface area contributed by atoms with Gasteiger partial charge in [-0.2, -0.15) is 5.10 Å². The van der Waals surface area contributed by atoms with E-state index < -0.39 is 12.1 Å². The van der Waals surface area contributed by atoms with Crippen molar-refractivity contribution < 1.29 is 14.3 Å². The Morgan fingerprint density at radius 2 is 1.89 bits per heavy atom. The van der Waals surface area contributed by atoms with Crippen molar-refractivity contribution in [1.29, 1.82) is 0 Å². The molecule has 142 valence electrons. The summed E-state index contributed by atoms with van der Waals surface area (Å²) in [6.07, 6.45) is 0.858. The Balaban J connectivity index is 1.51. The molecule has 27 heavy (non-hydrogen) atoms. The normalized spacial score (nSPS) is 20.4. The van der Waals surface area contributed by atoms with Gasteiger partial charge in [0.05, 0.1) is 5.69 Å². The number of benzene rings is 1. The number of piperidine rings is 1. The number of para-hydroxylation sites is 1. The van der Waals surface area contributed by atoms with Crippen LogP contribution in [-0.2, 0) is 16.6 Å². The van der Waals surface area contributed by atoms with Crippen molar-refractivity contribution in [2.45, 2.75) is 24.8 Å². The Bertz CT molecular complexity index is 912. The first-order valence-electron chi connectivity index (χ1n) is 8.98. The minimum Gasteiger partial charge on any atom is -0.447 e. The van der Waals surface area contributed by atoms with Gasteiger partial charge in [0.15, 0.2) is 0 Å². The summed E-state index contributed by atoms with van der Waals surface area (Å²) in [7, 11) is 1.65. The average Bonchev–Trinajstić information content (AvgIpc) is 3.26. The van der Waals surface area contributed by atoms with Crippen LogP contribution in [0.2, 0.25) is 0 Å². The highest BCUT2D eigenvalue weighted by Gasteiger charge is 2.35. The first-order chi connectivity index (χ1) is 13.0. The number of hydrogen-bond donors (Lipinski definition) is 1. The highest BCUT2D eigenvalue weighted by Crippen LogP contribution is 2.28. The highest BCUT2D eigenvalue weighted by atomic mass is 16.6. The Morgan fingerprint density at radius 1 is 1.19 bits per heavy atom. The van der Waals surface area contributed by atoms with E-state index in [4.69, 9.17) is 4.74 Å². The summed E-state index contributed by atoms with van der Waals surface area (Å²) in [4.78, 5) is 37.9. The van der Waals surface area contributed by atoms with E-state index in [2.05, 4.69) is 10.4 Å². The van der Waals surface area contributed by atoms with Crippen molar-refractivity contribution in [1.82, 2.24) is 24.6 Å². The molecule has 0 radical (unpaired) electrons. The fraction of sp³-hybridized carbons (Fsp3) is 0.444. The molecule has 4 rings (SSSR count). The molecule has 2 fully saturated rings. The number of alkyl carbamates (subject to hydrolysis) is 1. The zero-order chi connectivity index (χ0) is 19.0. The molecule has 3 heterocycles. The highest BCUT2D eigenvalue weighted by molar-refractivity contribution is 5.87. The van der Waals surface area contributed by atoms with Gasteiger partial charge in [0, 0.05) is 26.1 Å². The summed E-state index contributed by atoms with van der Waals surface area (Å²) < 4.78 is 7.80. The Labute approximate surface area is 155 Å². The van der Waals surface area contributed by atoms with E-state index in [1.54, 1.807) is 16.5 Å². The number of carbonyl (C=O) groups excluding carboxylic acids is 2. The smallest absolute Gasteiger partial charge is 0.407 e. The third kappa shape index (κ3) is 3.20. The van der Waals surface area contributed by atoms with E-state index in [0.29, 0.717) is 25.9 Å². The molecule has 1 atom stereocenters. The molecule has 9 heteroatoms. The lowest BCUT2D eigenvalue weighted by Crippen LogP contribution is -2.48. The number of nitrogens with zero attached hydrogens (tertiary/aromatic N) is 4. The predicted octanol–water partition coefficient (Wildman–Crippen LogP) is 0.385. The van der Waals surface area contributed by atoms with Gasteiger partial charge in [-0.1, -0.05) is 18.2 Å². The lowest BCUT2D eigenvalue weighted by molar-refractivity contribution is -0.134. The minimum atomic E-state index is -0.605. The van der Waals surface area contributed by atoms with E-state index in [1.165, 1.54) is 4.68 Å². The maximum atomic E-state index is 12.6. The first-order valence-corrected chi connectivity index (χ1v) is 8.98. The SMILES string of the molecule is Cn1nc(C2CCN(C(=O)C3COC(=O)N3)CC2)n(-c2ccccc2)c1=O. The van der Waals surface area contributed by atoms with Crippen LogP contribution in [0.15, 0.2) is 35.1 Å². The van der Waals surface area contributed by atoms with Gasteiger partial charge in [-0.25, -0.2) is 18.8 Å². The number of hydrogen-bond acceptors (Lipinski definition) is 5. The lowest BCUT2D eigenvalue weighted by Gasteiger charge is -2.32. The predicted molar refractivity (Wildman–Crippen MR) is 95.6 cm³/mol. The van der Waals surface area contributed by atoms with Gasteiger partial charge in [-0.3, -0.25) is 4.79 Å². The summed E-state index contributed by atoms with van der Waals surface area (Å²) in [6.45, 7) is 1.18. The maximum Gasteiger partial charge on any atom is 0.407 e. The standard InChI is InChI=1S/C18H21N5O4/c1-21-18(26)23(13-5-3-2-4-6-13)15(20-21)12-7-9-22(10-8-12)16(24)14-11-27-17(25)19-14/h2-6,12,14H,7-11H2,1H3,(H,19,25). The summed E-state index contributed by atoms with van der Waals surface area (Å²) >= 11 is 0. The fourth-order valence-corrected chi connectivity index (χ4v) is 3.66. The molecule has 0 aliphatic carbocycles. The quantitative estimate of drug-likeness (QED) is 0.841. The number of rotatable bonds is 3. The number of aromatic nitrogens is 3. The maximum absolute atomic E-state index is 12.6. The van der Waals surface area contributed by atoms with E-state index in [1.807, 2.05) is 30.3 Å². The summed E-state index contributed by atoms with van der Waals surface area (Å²) in [5, 5.41) is 6.98. The molecule has 0 spiro atoms. The Morgan fingerprint density at radius 3 is 2.52 bits per heavy atom. The van der Waals surface area contributed by atoms with Crippen molar-refractivity contribution in [2.24, 2.45) is 7.05 Å². The van der Waals surface area contributed by atoms with Crippen LogP contribution in [0.25, 0.3) is 5.69 Å². The second-order valence-corrected chi connectivity index (χ2v) is 6.83. The van der Waals surface area contributed by atoms with E-state index in [0.717, 1.165) is 11.5 Å². The van der Waals surface area contributed by atoms with Crippen LogP contribution in [0.4, 0.5) is 4.79 Å². The molecule has 2 aliphatic rings. The Hall–Kier alpha value is -3.10. The third-order valence-corrected chi connectivity index (χ3v) is 5.11. The number of carbonyl (C=O) groups is 2. The van der Waals surface area contributed by atoms with Gasteiger partial charge in [0.25, 0.3) is 0 Å². The van der Waals surface area contributed by atoms with Crippen LogP contribution in [0, 0.1) is 0 Å². The largest absolute Gasteiger partial charge is 0.447 e. The summed E-state index contributed by atoms with van der Waals surface area (Å²) in [6, 6.07) is 8.84. The molecule has 1 unspecified atom stereocenters. The molecule has 2 aromatic rings. The lowest BCUT2D eigenvalue weighted by atomic mass is 9.95. The van der Waals surface area contributed by atoms with Gasteiger partial charge in [0.1, 0.15) is 18.5 Å². The number of likely N-dealkylation sites (tertiary alicyclic amines) is 1. The second kappa shape index (κ2) is 6.90. The molecule has 0 bridgehead atoms. The topological polar surface area (TPSA) is 98.5 Å². The van der Waals surface area contributed by atoms with Gasteiger partial charge in [0.2, 0.25) is 5.91 Å². The first kappa shape index (κ1) is 17.3. The van der Waals surface area contributed by atoms with Crippen LogP contribution >= 0.6 is 0 Å². The van der Waals surface area contributed by atoms with Gasteiger partial charge in [-0.15, -0.1) is 0 Å². The molecular formula is C18H21N5O4. The summed E-state index contributed by atoms with van der Waals surface area (Å²) in [5.41, 5.74) is 0.607. The number of nitrogens with one attached hydrogen (secondary N) is 1. The molecule has 0 saturated carbocycles. The van der Waals surface area contributed by atoms with Crippen LogP contribution < -0.4 is 11.0 Å². The molecule has 2 amide bonds. The summed E-state index contributed by atoms with van der Waals surface area (Å²) in [5.74, 6) is 0.677. The number of amides is 2. The molecule has 2 saturated heterocycles. The van der Waals surface area contributed by atoms with E-state index in [9.17, 15) is 14.4 Å². The van der Waals surface area contributed by atoms with Crippen LogP contribution in [0.3, 0.4) is 0 Å². The van der Waals surface area contributed by atoms with Crippen molar-refractivity contribution in [3.05, 3.63) is 46.6 Å². The average molecular weight is 371 g/mol. The van der Waals surface area contributed by atoms with Gasteiger partial charge in [-0.05, 0) is 25.0 Å². The molecule has 9 nitrogen and oxygen atoms in total. The fourth-order valence-electron chi connectivity index (χ4n) is 3.66. The zero-order valence-electron chi connectivity index (χ0n) is 15.0.